The van der Waals surface area contributed by atoms with Gasteiger partial charge in [0.1, 0.15) is 0 Å². The zero-order chi connectivity index (χ0) is 53.3. The van der Waals surface area contributed by atoms with Gasteiger partial charge in [0, 0.05) is 59.8 Å². The van der Waals surface area contributed by atoms with Crippen LogP contribution in [-0.4, -0.2) is 19.9 Å². The first-order valence-electron chi connectivity index (χ1n) is 27.7. The number of benzene rings is 11. The van der Waals surface area contributed by atoms with Gasteiger partial charge in [0.05, 0.1) is 49.5 Å². The molecule has 0 bridgehead atoms. The molecule has 15 aromatic rings. The SMILES string of the molecule is C=C(/C=C\C1=CC2(c3cc(-c4c5ccccc5nc5ccccc45)ccc31)c1cc(-c3c4ccccc4nc4ccccc34)ccc1-c1ccc(-c3c4ccccc4nc4ccccc34)cc12)c1c2ccccc2nc2ccccc12. The Balaban J connectivity index is 0.977. The summed E-state index contributed by atoms with van der Waals surface area (Å²) >= 11 is 0. The standard InChI is InChI=1S/C77H46N4/c1-46(73-54-18-2-10-26-65(54)78-66-27-11-3-19-55(66)73)34-35-50-45-77(62-42-47(36-39-51(50)62)74-56-20-4-12-28-67(56)79-68-29-13-5-21-57(68)74)63-43-48(75-58-22-6-14-30-69(58)80-70-31-15-7-23-59(70)75)37-40-52(63)53-41-38-49(44-64(53)77)76-60-24-8-16-32-71(60)81-72-33-17-9-25-61(72)76/h2-45H,1H2/b35-34-. The number of rotatable bonds is 6. The fourth-order valence-electron chi connectivity index (χ4n) is 13.8. The smallest absolute Gasteiger partial charge is 0.0715 e. The van der Waals surface area contributed by atoms with E-state index in [1.165, 1.54) is 50.1 Å². The van der Waals surface area contributed by atoms with Crippen LogP contribution in [0.1, 0.15) is 27.8 Å². The summed E-state index contributed by atoms with van der Waals surface area (Å²) in [5.74, 6) is 0. The third kappa shape index (κ3) is 6.71. The number of hydrogen-bond acceptors (Lipinski definition) is 4. The lowest BCUT2D eigenvalue weighted by atomic mass is 9.72. The molecule has 4 heterocycles. The van der Waals surface area contributed by atoms with Crippen molar-refractivity contribution in [1.82, 2.24) is 19.9 Å². The van der Waals surface area contributed by atoms with E-state index < -0.39 is 5.41 Å². The van der Waals surface area contributed by atoms with Gasteiger partial charge in [-0.05, 0) is 134 Å². The number of pyridine rings is 4. The van der Waals surface area contributed by atoms with Crippen LogP contribution >= 0.6 is 0 Å². The average molecular weight is 1030 g/mol. The summed E-state index contributed by atoms with van der Waals surface area (Å²) in [4.78, 5) is 20.7. The minimum absolute atomic E-state index is 0.769. The summed E-state index contributed by atoms with van der Waals surface area (Å²) in [7, 11) is 0. The van der Waals surface area contributed by atoms with Crippen LogP contribution in [0.15, 0.2) is 274 Å². The van der Waals surface area contributed by atoms with E-state index in [2.05, 4.69) is 267 Å². The van der Waals surface area contributed by atoms with Crippen LogP contribution in [0.25, 0.3) is 143 Å². The van der Waals surface area contributed by atoms with Crippen molar-refractivity contribution in [3.63, 3.8) is 0 Å². The lowest BCUT2D eigenvalue weighted by Gasteiger charge is -2.29. The molecule has 2 aliphatic carbocycles. The zero-order valence-corrected chi connectivity index (χ0v) is 43.9. The predicted octanol–water partition coefficient (Wildman–Crippen LogP) is 19.5. The highest BCUT2D eigenvalue weighted by molar-refractivity contribution is 6.14. The molecule has 17 rings (SSSR count). The lowest BCUT2D eigenvalue weighted by molar-refractivity contribution is 0.822. The molecule has 81 heavy (non-hydrogen) atoms. The van der Waals surface area contributed by atoms with E-state index >= 15 is 0 Å². The summed E-state index contributed by atoms with van der Waals surface area (Å²) < 4.78 is 0. The van der Waals surface area contributed by atoms with E-state index in [4.69, 9.17) is 26.5 Å². The van der Waals surface area contributed by atoms with Gasteiger partial charge in [-0.15, -0.1) is 0 Å². The first-order valence-corrected chi connectivity index (χ1v) is 27.7. The Morgan fingerprint density at radius 3 is 0.914 bits per heavy atom. The molecule has 0 amide bonds. The van der Waals surface area contributed by atoms with Crippen LogP contribution in [0.3, 0.4) is 0 Å². The van der Waals surface area contributed by atoms with Gasteiger partial charge >= 0.3 is 0 Å². The Morgan fingerprint density at radius 2 is 0.580 bits per heavy atom. The molecule has 4 nitrogen and oxygen atoms in total. The molecule has 4 heteroatoms. The molecule has 0 saturated heterocycles. The molecular formula is C77H46N4. The Bertz CT molecular complexity index is 4950. The van der Waals surface area contributed by atoms with E-state index in [1.54, 1.807) is 0 Å². The van der Waals surface area contributed by atoms with E-state index in [0.29, 0.717) is 0 Å². The summed E-state index contributed by atoms with van der Waals surface area (Å²) in [6.07, 6.45) is 7.12. The first kappa shape index (κ1) is 45.3. The van der Waals surface area contributed by atoms with Crippen molar-refractivity contribution in [3.8, 4) is 44.5 Å². The summed E-state index contributed by atoms with van der Waals surface area (Å²) in [5.41, 5.74) is 24.3. The Morgan fingerprint density at radius 1 is 0.309 bits per heavy atom. The molecule has 0 N–H and O–H groups in total. The van der Waals surface area contributed by atoms with Gasteiger partial charge in [-0.1, -0.05) is 207 Å². The van der Waals surface area contributed by atoms with Gasteiger partial charge in [0.2, 0.25) is 0 Å². The highest BCUT2D eigenvalue weighted by atomic mass is 14.7. The van der Waals surface area contributed by atoms with Gasteiger partial charge in [0.25, 0.3) is 0 Å². The second kappa shape index (κ2) is 17.4. The number of para-hydroxylation sites is 8. The molecule has 11 aromatic carbocycles. The van der Waals surface area contributed by atoms with Gasteiger partial charge in [-0.2, -0.15) is 0 Å². The Kier molecular flexibility index (Phi) is 9.75. The minimum atomic E-state index is -0.769. The number of fused-ring (bicyclic) bond motifs is 15. The fraction of sp³-hybridized carbons (Fsp3) is 0.0130. The van der Waals surface area contributed by atoms with Gasteiger partial charge in [-0.25, -0.2) is 19.9 Å². The Labute approximate surface area is 467 Å². The lowest BCUT2D eigenvalue weighted by Crippen LogP contribution is -2.22. The van der Waals surface area contributed by atoms with Crippen LogP contribution in [-0.2, 0) is 5.41 Å². The largest absolute Gasteiger partial charge is 0.248 e. The second-order valence-corrected chi connectivity index (χ2v) is 21.6. The normalized spacial score (nSPS) is 13.4. The summed E-state index contributed by atoms with van der Waals surface area (Å²) in [6, 6.07) is 90.0. The molecular weight excluding hydrogens is 981 g/mol. The molecule has 0 aliphatic heterocycles. The van der Waals surface area contributed by atoms with Crippen LogP contribution < -0.4 is 0 Å². The van der Waals surface area contributed by atoms with E-state index in [0.717, 1.165) is 121 Å². The molecule has 0 fully saturated rings. The molecule has 374 valence electrons. The molecule has 0 saturated carbocycles. The number of allylic oxidation sites excluding steroid dienone is 5. The number of nitrogens with zero attached hydrogens (tertiary/aromatic N) is 4. The average Bonchev–Trinajstić information content (AvgIpc) is 3.23. The minimum Gasteiger partial charge on any atom is -0.248 e. The third-order valence-electron chi connectivity index (χ3n) is 17.3. The van der Waals surface area contributed by atoms with Gasteiger partial charge in [0.15, 0.2) is 0 Å². The zero-order valence-electron chi connectivity index (χ0n) is 43.9. The maximum atomic E-state index is 5.21. The van der Waals surface area contributed by atoms with Crippen LogP contribution in [0, 0.1) is 0 Å². The highest BCUT2D eigenvalue weighted by Gasteiger charge is 2.48. The first-order chi connectivity index (χ1) is 40.1. The summed E-state index contributed by atoms with van der Waals surface area (Å²) in [6.45, 7) is 4.85. The molecule has 2 aliphatic rings. The van der Waals surface area contributed by atoms with E-state index in [1.807, 2.05) is 0 Å². The van der Waals surface area contributed by atoms with E-state index in [-0.39, 0.29) is 0 Å². The van der Waals surface area contributed by atoms with Crippen LogP contribution in [0.2, 0.25) is 0 Å². The number of aromatic nitrogens is 4. The van der Waals surface area contributed by atoms with Crippen molar-refractivity contribution < 1.29 is 0 Å². The van der Waals surface area contributed by atoms with Crippen molar-refractivity contribution in [2.45, 2.75) is 5.41 Å². The highest BCUT2D eigenvalue weighted by Crippen LogP contribution is 2.61. The Hall–Kier alpha value is -10.7. The van der Waals surface area contributed by atoms with Crippen LogP contribution in [0.4, 0.5) is 0 Å². The fourth-order valence-corrected chi connectivity index (χ4v) is 13.8. The van der Waals surface area contributed by atoms with E-state index in [9.17, 15) is 0 Å². The molecule has 0 radical (unpaired) electrons. The van der Waals surface area contributed by atoms with Gasteiger partial charge in [-0.3, -0.25) is 0 Å². The van der Waals surface area contributed by atoms with Crippen molar-refractivity contribution in [2.24, 2.45) is 0 Å². The molecule has 0 atom stereocenters. The predicted molar refractivity (Wildman–Crippen MR) is 338 cm³/mol. The second-order valence-electron chi connectivity index (χ2n) is 21.6. The van der Waals surface area contributed by atoms with Crippen molar-refractivity contribution in [1.29, 1.82) is 0 Å². The third-order valence-corrected chi connectivity index (χ3v) is 17.3. The maximum absolute atomic E-state index is 5.21. The molecule has 1 spiro atoms. The van der Waals surface area contributed by atoms with Gasteiger partial charge < -0.3 is 0 Å². The van der Waals surface area contributed by atoms with Crippen molar-refractivity contribution >= 4 is 98.4 Å². The summed E-state index contributed by atoms with van der Waals surface area (Å²) in [5, 5.41) is 8.89. The molecule has 4 aromatic heterocycles. The van der Waals surface area contributed by atoms with Crippen molar-refractivity contribution in [3.05, 3.63) is 301 Å². The maximum Gasteiger partial charge on any atom is 0.0715 e. The topological polar surface area (TPSA) is 51.6 Å². The quantitative estimate of drug-likeness (QED) is 0.123. The monoisotopic (exact) mass is 1030 g/mol. The number of hydrogen-bond donors (Lipinski definition) is 0. The van der Waals surface area contributed by atoms with Crippen molar-refractivity contribution in [2.75, 3.05) is 0 Å². The van der Waals surface area contributed by atoms with Crippen LogP contribution in [0.5, 0.6) is 0 Å². The molecule has 0 unspecified atom stereocenters.